The molecule has 2 N–H and O–H groups in total. The third-order valence-electron chi connectivity index (χ3n) is 3.68. The highest BCUT2D eigenvalue weighted by Crippen LogP contribution is 2.38. The lowest BCUT2D eigenvalue weighted by Gasteiger charge is -2.20. The Morgan fingerprint density at radius 1 is 0.889 bits per heavy atom. The molecule has 2 rings (SSSR count). The lowest BCUT2D eigenvalue weighted by atomic mass is 10.1. The first kappa shape index (κ1) is 21.0. The molecule has 0 aromatic heterocycles. The summed E-state index contributed by atoms with van der Waals surface area (Å²) in [7, 11) is 0. The Morgan fingerprint density at radius 3 is 1.93 bits per heavy atom. The number of alkyl halides is 6. The fourth-order valence-corrected chi connectivity index (χ4v) is 2.39. The molecule has 2 aromatic carbocycles. The van der Waals surface area contributed by atoms with Gasteiger partial charge in [-0.2, -0.15) is 26.3 Å². The maximum atomic E-state index is 12.9. The number of hydrogen-bond acceptors (Lipinski definition) is 3. The second kappa shape index (κ2) is 8.62. The molecule has 0 bridgehead atoms. The molecule has 0 heterocycles. The van der Waals surface area contributed by atoms with Gasteiger partial charge < -0.3 is 15.2 Å². The first-order chi connectivity index (χ1) is 12.6. The smallest absolute Gasteiger partial charge is 0.416 e. The summed E-state index contributed by atoms with van der Waals surface area (Å²) in [4.78, 5) is 0. The maximum Gasteiger partial charge on any atom is 0.416 e. The first-order valence-corrected chi connectivity index (χ1v) is 7.92. The lowest BCUT2D eigenvalue weighted by molar-refractivity contribution is -0.143. The Kier molecular flexibility index (Phi) is 6.72. The third kappa shape index (κ3) is 6.14. The van der Waals surface area contributed by atoms with Crippen molar-refractivity contribution in [1.82, 2.24) is 5.32 Å². The van der Waals surface area contributed by atoms with Gasteiger partial charge in [-0.15, -0.1) is 0 Å². The molecule has 0 fully saturated rings. The van der Waals surface area contributed by atoms with Crippen LogP contribution in [0, 0.1) is 0 Å². The van der Waals surface area contributed by atoms with Crippen LogP contribution in [-0.2, 0) is 12.4 Å². The maximum absolute atomic E-state index is 12.9. The van der Waals surface area contributed by atoms with Crippen LogP contribution in [-0.4, -0.2) is 24.9 Å². The van der Waals surface area contributed by atoms with E-state index in [1.807, 2.05) is 0 Å². The summed E-state index contributed by atoms with van der Waals surface area (Å²) in [5.74, 6) is -0.538. The number of nitrogens with one attached hydrogen (secondary N) is 1. The normalized spacial score (nSPS) is 13.4. The van der Waals surface area contributed by atoms with Crippen molar-refractivity contribution in [2.75, 3.05) is 19.8 Å². The number of hydrogen-bond donors (Lipinski definition) is 2. The molecule has 0 aliphatic heterocycles. The van der Waals surface area contributed by atoms with Crippen molar-refractivity contribution in [3.05, 3.63) is 65.2 Å². The fraction of sp³-hybridized carbons (Fsp3) is 0.333. The molecular formula is C18H17F6NO2. The zero-order chi connectivity index (χ0) is 20.1. The van der Waals surface area contributed by atoms with Gasteiger partial charge in [0.05, 0.1) is 23.8 Å². The fourth-order valence-electron chi connectivity index (χ4n) is 2.39. The Balaban J connectivity index is 2.26. The molecule has 0 aliphatic rings. The highest BCUT2D eigenvalue weighted by atomic mass is 19.4. The topological polar surface area (TPSA) is 41.5 Å². The van der Waals surface area contributed by atoms with E-state index >= 15 is 0 Å². The van der Waals surface area contributed by atoms with Crippen LogP contribution in [0.2, 0.25) is 0 Å². The van der Waals surface area contributed by atoms with Gasteiger partial charge in [-0.25, -0.2) is 0 Å². The van der Waals surface area contributed by atoms with Crippen LogP contribution in [0.1, 0.15) is 22.7 Å². The molecule has 0 radical (unpaired) electrons. The molecule has 0 amide bonds. The van der Waals surface area contributed by atoms with Crippen molar-refractivity contribution in [2.24, 2.45) is 0 Å². The SMILES string of the molecule is OCCNC(COc1cc(C(F)(F)F)cc(C(F)(F)F)c1)c1ccccc1. The molecule has 3 nitrogen and oxygen atoms in total. The summed E-state index contributed by atoms with van der Waals surface area (Å²) in [6.45, 7) is -0.229. The molecule has 0 aliphatic carbocycles. The van der Waals surface area contributed by atoms with Gasteiger partial charge in [0.1, 0.15) is 12.4 Å². The first-order valence-electron chi connectivity index (χ1n) is 7.92. The van der Waals surface area contributed by atoms with Gasteiger partial charge >= 0.3 is 12.4 Å². The van der Waals surface area contributed by atoms with Crippen molar-refractivity contribution in [2.45, 2.75) is 18.4 Å². The van der Waals surface area contributed by atoms with Gasteiger partial charge in [-0.1, -0.05) is 30.3 Å². The summed E-state index contributed by atoms with van der Waals surface area (Å²) >= 11 is 0. The second-order valence-electron chi connectivity index (χ2n) is 5.69. The average Bonchev–Trinajstić information content (AvgIpc) is 2.61. The molecule has 0 spiro atoms. The molecule has 0 saturated carbocycles. The molecular weight excluding hydrogens is 376 g/mol. The molecule has 2 aromatic rings. The summed E-state index contributed by atoms with van der Waals surface area (Å²) in [5, 5.41) is 11.9. The molecule has 27 heavy (non-hydrogen) atoms. The predicted octanol–water partition coefficient (Wildman–Crippen LogP) is 4.43. The number of benzene rings is 2. The molecule has 1 unspecified atom stereocenters. The van der Waals surface area contributed by atoms with Crippen LogP contribution in [0.25, 0.3) is 0 Å². The summed E-state index contributed by atoms with van der Waals surface area (Å²) in [5.41, 5.74) is -2.16. The number of rotatable bonds is 7. The van der Waals surface area contributed by atoms with Crippen LogP contribution in [0.15, 0.2) is 48.5 Å². The zero-order valence-electron chi connectivity index (χ0n) is 13.9. The van der Waals surface area contributed by atoms with Gasteiger partial charge in [0, 0.05) is 6.54 Å². The number of ether oxygens (including phenoxy) is 1. The highest BCUT2D eigenvalue weighted by molar-refractivity contribution is 5.37. The van der Waals surface area contributed by atoms with Gasteiger partial charge in [0.2, 0.25) is 0 Å². The number of aliphatic hydroxyl groups is 1. The van der Waals surface area contributed by atoms with Crippen LogP contribution < -0.4 is 10.1 Å². The summed E-state index contributed by atoms with van der Waals surface area (Å²) < 4.78 is 82.7. The minimum Gasteiger partial charge on any atom is -0.492 e. The van der Waals surface area contributed by atoms with E-state index in [2.05, 4.69) is 5.32 Å². The minimum atomic E-state index is -4.94. The average molecular weight is 393 g/mol. The highest BCUT2D eigenvalue weighted by Gasteiger charge is 2.37. The van der Waals surface area contributed by atoms with E-state index in [0.717, 1.165) is 0 Å². The summed E-state index contributed by atoms with van der Waals surface area (Å²) in [6.07, 6.45) is -9.87. The minimum absolute atomic E-state index is 0.0472. The second-order valence-corrected chi connectivity index (χ2v) is 5.69. The van der Waals surface area contributed by atoms with Crippen molar-refractivity contribution >= 4 is 0 Å². The van der Waals surface area contributed by atoms with Crippen molar-refractivity contribution in [3.63, 3.8) is 0 Å². The van der Waals surface area contributed by atoms with Gasteiger partial charge in [-0.3, -0.25) is 0 Å². The van der Waals surface area contributed by atoms with Gasteiger partial charge in [0.15, 0.2) is 0 Å². The predicted molar refractivity (Wildman–Crippen MR) is 86.2 cm³/mol. The molecule has 148 valence electrons. The van der Waals surface area contributed by atoms with Crippen molar-refractivity contribution in [1.29, 1.82) is 0 Å². The largest absolute Gasteiger partial charge is 0.492 e. The molecule has 1 atom stereocenters. The van der Waals surface area contributed by atoms with Crippen LogP contribution in [0.5, 0.6) is 5.75 Å². The van der Waals surface area contributed by atoms with Crippen molar-refractivity contribution in [3.8, 4) is 5.75 Å². The number of halogens is 6. The molecule has 0 saturated heterocycles. The van der Waals surface area contributed by atoms with E-state index < -0.39 is 35.3 Å². The van der Waals surface area contributed by atoms with E-state index in [9.17, 15) is 26.3 Å². The lowest BCUT2D eigenvalue weighted by Crippen LogP contribution is -2.29. The van der Waals surface area contributed by atoms with E-state index in [1.54, 1.807) is 30.3 Å². The molecule has 9 heteroatoms. The van der Waals surface area contributed by atoms with E-state index in [1.165, 1.54) is 0 Å². The van der Waals surface area contributed by atoms with Crippen LogP contribution >= 0.6 is 0 Å². The standard InChI is InChI=1S/C18H17F6NO2/c19-17(20,21)13-8-14(18(22,23)24)10-15(9-13)27-11-16(25-6-7-26)12-4-2-1-3-5-12/h1-5,8-10,16,25-26H,6-7,11H2. The number of aliphatic hydroxyl groups excluding tert-OH is 1. The van der Waals surface area contributed by atoms with Crippen LogP contribution in [0.3, 0.4) is 0 Å². The van der Waals surface area contributed by atoms with E-state index in [0.29, 0.717) is 17.7 Å². The summed E-state index contributed by atoms with van der Waals surface area (Å²) in [6, 6.07) is 9.26. The van der Waals surface area contributed by atoms with E-state index in [4.69, 9.17) is 9.84 Å². The third-order valence-corrected chi connectivity index (χ3v) is 3.68. The van der Waals surface area contributed by atoms with Gasteiger partial charge in [0.25, 0.3) is 0 Å². The van der Waals surface area contributed by atoms with Crippen molar-refractivity contribution < 1.29 is 36.2 Å². The monoisotopic (exact) mass is 393 g/mol. The van der Waals surface area contributed by atoms with Crippen LogP contribution in [0.4, 0.5) is 26.3 Å². The Labute approximate surface area is 151 Å². The Bertz CT molecular complexity index is 699. The van der Waals surface area contributed by atoms with E-state index in [-0.39, 0.29) is 25.8 Å². The van der Waals surface area contributed by atoms with Gasteiger partial charge in [-0.05, 0) is 23.8 Å². The quantitative estimate of drug-likeness (QED) is 0.684. The zero-order valence-corrected chi connectivity index (χ0v) is 13.9. The Morgan fingerprint density at radius 2 is 1.44 bits per heavy atom. The Hall–Kier alpha value is -2.26.